The molecule has 0 aliphatic rings. The zero-order valence-electron chi connectivity index (χ0n) is 9.54. The predicted octanol–water partition coefficient (Wildman–Crippen LogP) is 2.41. The lowest BCUT2D eigenvalue weighted by Gasteiger charge is -2.07. The lowest BCUT2D eigenvalue weighted by atomic mass is 10.2. The molecule has 0 amide bonds. The summed E-state index contributed by atoms with van der Waals surface area (Å²) >= 11 is 5.75. The highest BCUT2D eigenvalue weighted by atomic mass is 35.5. The predicted molar refractivity (Wildman–Crippen MR) is 71.2 cm³/mol. The molecule has 0 saturated carbocycles. The maximum absolute atomic E-state index is 12.0. The summed E-state index contributed by atoms with van der Waals surface area (Å²) in [6, 6.07) is 10.4. The molecule has 1 N–H and O–H groups in total. The summed E-state index contributed by atoms with van der Waals surface area (Å²) in [5.41, 5.74) is 0.389. The van der Waals surface area contributed by atoms with Crippen molar-refractivity contribution in [2.45, 2.75) is 4.90 Å². The van der Waals surface area contributed by atoms with Crippen molar-refractivity contribution in [3.8, 4) is 6.07 Å². The molecule has 1 aromatic heterocycles. The fraction of sp³-hybridized carbons (Fsp3) is 0. The zero-order chi connectivity index (χ0) is 13.9. The quantitative estimate of drug-likeness (QED) is 0.942. The van der Waals surface area contributed by atoms with Crippen LogP contribution in [0.3, 0.4) is 0 Å². The van der Waals surface area contributed by atoms with Crippen molar-refractivity contribution in [3.63, 3.8) is 0 Å². The smallest absolute Gasteiger partial charge is 0.263 e. The van der Waals surface area contributed by atoms with Gasteiger partial charge >= 0.3 is 0 Å². The minimum Gasteiger partial charge on any atom is -0.263 e. The molecule has 0 radical (unpaired) electrons. The van der Waals surface area contributed by atoms with Crippen molar-refractivity contribution in [2.24, 2.45) is 0 Å². The summed E-state index contributed by atoms with van der Waals surface area (Å²) in [5.74, 6) is 0.136. The van der Waals surface area contributed by atoms with Crippen molar-refractivity contribution in [2.75, 3.05) is 4.72 Å². The number of halogens is 1. The van der Waals surface area contributed by atoms with Crippen LogP contribution in [0.1, 0.15) is 5.56 Å². The average molecular weight is 294 g/mol. The zero-order valence-corrected chi connectivity index (χ0v) is 11.1. The molecule has 1 aromatic carbocycles. The van der Waals surface area contributed by atoms with Gasteiger partial charge in [0.25, 0.3) is 10.0 Å². The second kappa shape index (κ2) is 5.26. The molecule has 2 rings (SSSR count). The lowest BCUT2D eigenvalue weighted by Crippen LogP contribution is -2.13. The van der Waals surface area contributed by atoms with E-state index < -0.39 is 10.0 Å². The van der Waals surface area contributed by atoms with Crippen LogP contribution >= 0.6 is 11.6 Å². The number of hydrogen-bond donors (Lipinski definition) is 1. The molecule has 5 nitrogen and oxygen atoms in total. The van der Waals surface area contributed by atoms with Gasteiger partial charge in [0.05, 0.1) is 16.5 Å². The Morgan fingerprint density at radius 3 is 2.47 bits per heavy atom. The molecule has 0 unspecified atom stereocenters. The van der Waals surface area contributed by atoms with E-state index in [1.54, 1.807) is 6.07 Å². The number of aromatic nitrogens is 1. The highest BCUT2D eigenvalue weighted by Gasteiger charge is 2.14. The lowest BCUT2D eigenvalue weighted by molar-refractivity contribution is 0.601. The third-order valence-corrected chi connectivity index (χ3v) is 3.86. The van der Waals surface area contributed by atoms with Gasteiger partial charge in [0, 0.05) is 17.3 Å². The van der Waals surface area contributed by atoms with Crippen molar-refractivity contribution < 1.29 is 8.42 Å². The first kappa shape index (κ1) is 13.3. The van der Waals surface area contributed by atoms with Gasteiger partial charge in [0.15, 0.2) is 0 Å². The molecule has 0 saturated heterocycles. The van der Waals surface area contributed by atoms with Crippen LogP contribution in [0, 0.1) is 11.3 Å². The fourth-order valence-electron chi connectivity index (χ4n) is 1.37. The summed E-state index contributed by atoms with van der Waals surface area (Å²) in [4.78, 5) is 3.91. The monoisotopic (exact) mass is 293 g/mol. The number of anilines is 1. The van der Waals surface area contributed by atoms with E-state index in [2.05, 4.69) is 9.71 Å². The molecule has 0 aliphatic carbocycles. The molecule has 0 fully saturated rings. The molecular formula is C12H8ClN3O2S. The Kier molecular flexibility index (Phi) is 3.69. The number of nitriles is 1. The van der Waals surface area contributed by atoms with Gasteiger partial charge in [-0.15, -0.1) is 0 Å². The fourth-order valence-corrected chi connectivity index (χ4v) is 2.52. The topological polar surface area (TPSA) is 82.8 Å². The largest absolute Gasteiger partial charge is 0.263 e. The van der Waals surface area contributed by atoms with E-state index in [1.165, 1.54) is 36.5 Å². The highest BCUT2D eigenvalue weighted by Crippen LogP contribution is 2.17. The SMILES string of the molecule is N#Cc1ccc(S(=O)(=O)Nc2cc(Cl)ccn2)cc1. The Morgan fingerprint density at radius 2 is 1.89 bits per heavy atom. The number of pyridine rings is 1. The Balaban J connectivity index is 2.30. The Bertz CT molecular complexity index is 736. The van der Waals surface area contributed by atoms with E-state index in [0.717, 1.165) is 0 Å². The molecule has 0 atom stereocenters. The summed E-state index contributed by atoms with van der Waals surface area (Å²) in [7, 11) is -3.74. The molecule has 2 aromatic rings. The van der Waals surface area contributed by atoms with Crippen LogP contribution in [0.15, 0.2) is 47.5 Å². The van der Waals surface area contributed by atoms with Crippen molar-refractivity contribution in [3.05, 3.63) is 53.2 Å². The van der Waals surface area contributed by atoms with Gasteiger partial charge in [0.1, 0.15) is 5.82 Å². The molecule has 0 aliphatic heterocycles. The molecular weight excluding hydrogens is 286 g/mol. The molecule has 1 heterocycles. The molecule has 0 bridgehead atoms. The number of rotatable bonds is 3. The van der Waals surface area contributed by atoms with Crippen LogP contribution < -0.4 is 4.72 Å². The van der Waals surface area contributed by atoms with Gasteiger partial charge in [0.2, 0.25) is 0 Å². The van der Waals surface area contributed by atoms with Crippen LogP contribution in [0.25, 0.3) is 0 Å². The van der Waals surface area contributed by atoms with Gasteiger partial charge in [-0.25, -0.2) is 13.4 Å². The van der Waals surface area contributed by atoms with Crippen molar-refractivity contribution in [1.29, 1.82) is 5.26 Å². The second-order valence-corrected chi connectivity index (χ2v) is 5.72. The van der Waals surface area contributed by atoms with E-state index in [0.29, 0.717) is 10.6 Å². The minimum atomic E-state index is -3.74. The van der Waals surface area contributed by atoms with E-state index in [-0.39, 0.29) is 10.7 Å². The van der Waals surface area contributed by atoms with Gasteiger partial charge in [-0.2, -0.15) is 5.26 Å². The highest BCUT2D eigenvalue weighted by molar-refractivity contribution is 7.92. The standard InChI is InChI=1S/C12H8ClN3O2S/c13-10-5-6-15-12(7-10)16-19(17,18)11-3-1-9(8-14)2-4-11/h1-7H,(H,15,16). The molecule has 19 heavy (non-hydrogen) atoms. The maximum atomic E-state index is 12.0. The van der Waals surface area contributed by atoms with Crippen molar-refractivity contribution in [1.82, 2.24) is 4.98 Å². The number of hydrogen-bond acceptors (Lipinski definition) is 4. The van der Waals surface area contributed by atoms with Crippen molar-refractivity contribution >= 4 is 27.4 Å². The first-order valence-corrected chi connectivity index (χ1v) is 7.02. The van der Waals surface area contributed by atoms with Crippen LogP contribution in [-0.2, 0) is 10.0 Å². The second-order valence-electron chi connectivity index (χ2n) is 3.60. The number of benzene rings is 1. The van der Waals surface area contributed by atoms with Gasteiger partial charge in [-0.05, 0) is 30.3 Å². The van der Waals surface area contributed by atoms with E-state index in [4.69, 9.17) is 16.9 Å². The van der Waals surface area contributed by atoms with Gasteiger partial charge in [-0.1, -0.05) is 11.6 Å². The first-order valence-electron chi connectivity index (χ1n) is 5.16. The number of sulfonamides is 1. The molecule has 96 valence electrons. The van der Waals surface area contributed by atoms with Gasteiger partial charge < -0.3 is 0 Å². The van der Waals surface area contributed by atoms with E-state index in [1.807, 2.05) is 6.07 Å². The normalized spacial score (nSPS) is 10.7. The summed E-state index contributed by atoms with van der Waals surface area (Å²) in [6.07, 6.45) is 1.40. The summed E-state index contributed by atoms with van der Waals surface area (Å²) < 4.78 is 26.4. The number of nitrogens with one attached hydrogen (secondary N) is 1. The average Bonchev–Trinajstić information content (AvgIpc) is 2.38. The Hall–Kier alpha value is -2.10. The first-order chi connectivity index (χ1) is 9.01. The van der Waals surface area contributed by atoms with E-state index >= 15 is 0 Å². The van der Waals surface area contributed by atoms with Crippen LogP contribution in [0.4, 0.5) is 5.82 Å². The minimum absolute atomic E-state index is 0.0493. The number of nitrogens with zero attached hydrogens (tertiary/aromatic N) is 2. The third-order valence-electron chi connectivity index (χ3n) is 2.25. The maximum Gasteiger partial charge on any atom is 0.263 e. The van der Waals surface area contributed by atoms with E-state index in [9.17, 15) is 8.42 Å². The Morgan fingerprint density at radius 1 is 1.21 bits per heavy atom. The summed E-state index contributed by atoms with van der Waals surface area (Å²) in [6.45, 7) is 0. The Labute approximate surface area is 115 Å². The van der Waals surface area contributed by atoms with Crippen LogP contribution in [-0.4, -0.2) is 13.4 Å². The van der Waals surface area contributed by atoms with Crippen LogP contribution in [0.5, 0.6) is 0 Å². The summed E-state index contributed by atoms with van der Waals surface area (Å²) in [5, 5.41) is 9.04. The third kappa shape index (κ3) is 3.22. The van der Waals surface area contributed by atoms with Crippen LogP contribution in [0.2, 0.25) is 5.02 Å². The molecule has 0 spiro atoms. The molecule has 7 heteroatoms. The van der Waals surface area contributed by atoms with Gasteiger partial charge in [-0.3, -0.25) is 4.72 Å².